The van der Waals surface area contributed by atoms with Crippen molar-refractivity contribution >= 4 is 10.0 Å². The Hall–Kier alpha value is -2.58. The molecule has 25 heavy (non-hydrogen) atoms. The standard InChI is InChI=1S/C17H19N5O2S/c1-3-22-12-17(21-13(22)2)25(23,24)20-10-14-6-8-19-16(9-14)15-5-4-7-18-11-15/h4-9,11-12,20H,3,10H2,1-2H3. The molecule has 0 aromatic carbocycles. The summed E-state index contributed by atoms with van der Waals surface area (Å²) in [4.78, 5) is 12.5. The van der Waals surface area contributed by atoms with E-state index in [0.717, 1.165) is 16.8 Å². The number of nitrogens with one attached hydrogen (secondary N) is 1. The quantitative estimate of drug-likeness (QED) is 0.730. The van der Waals surface area contributed by atoms with Crippen LogP contribution in [-0.4, -0.2) is 27.9 Å². The van der Waals surface area contributed by atoms with E-state index >= 15 is 0 Å². The minimum atomic E-state index is -3.66. The lowest BCUT2D eigenvalue weighted by Gasteiger charge is -2.06. The van der Waals surface area contributed by atoms with Gasteiger partial charge in [0.1, 0.15) is 5.82 Å². The molecule has 0 radical (unpaired) electrons. The second-order valence-corrected chi connectivity index (χ2v) is 7.24. The van der Waals surface area contributed by atoms with E-state index in [1.165, 1.54) is 0 Å². The summed E-state index contributed by atoms with van der Waals surface area (Å²) in [5.74, 6) is 0.672. The molecule has 3 aromatic heterocycles. The molecule has 3 heterocycles. The Morgan fingerprint density at radius 3 is 2.76 bits per heavy atom. The normalized spacial score (nSPS) is 11.6. The van der Waals surface area contributed by atoms with Gasteiger partial charge in [-0.1, -0.05) is 0 Å². The largest absolute Gasteiger partial charge is 0.334 e. The number of imidazole rings is 1. The third kappa shape index (κ3) is 3.92. The molecule has 130 valence electrons. The second-order valence-electron chi connectivity index (χ2n) is 5.53. The number of hydrogen-bond acceptors (Lipinski definition) is 5. The van der Waals surface area contributed by atoms with Crippen LogP contribution in [0.2, 0.25) is 0 Å². The van der Waals surface area contributed by atoms with Crippen LogP contribution in [0.5, 0.6) is 0 Å². The summed E-state index contributed by atoms with van der Waals surface area (Å²) in [7, 11) is -3.66. The highest BCUT2D eigenvalue weighted by atomic mass is 32.2. The van der Waals surface area contributed by atoms with Gasteiger partial charge in [-0.05, 0) is 43.7 Å². The van der Waals surface area contributed by atoms with Gasteiger partial charge in [-0.3, -0.25) is 9.97 Å². The Morgan fingerprint density at radius 1 is 1.24 bits per heavy atom. The fourth-order valence-electron chi connectivity index (χ4n) is 2.44. The monoisotopic (exact) mass is 357 g/mol. The molecule has 0 unspecified atom stereocenters. The van der Waals surface area contributed by atoms with Gasteiger partial charge in [0.05, 0.1) is 5.69 Å². The van der Waals surface area contributed by atoms with Gasteiger partial charge in [-0.25, -0.2) is 18.1 Å². The van der Waals surface area contributed by atoms with Crippen LogP contribution in [0.15, 0.2) is 54.1 Å². The number of hydrogen-bond donors (Lipinski definition) is 1. The van der Waals surface area contributed by atoms with Crippen LogP contribution in [0.1, 0.15) is 18.3 Å². The molecule has 0 spiro atoms. The van der Waals surface area contributed by atoms with Crippen LogP contribution >= 0.6 is 0 Å². The Kier molecular flexibility index (Phi) is 4.91. The van der Waals surface area contributed by atoms with Crippen LogP contribution in [0.25, 0.3) is 11.3 Å². The Labute approximate surface area is 146 Å². The predicted octanol–water partition coefficient (Wildman–Crippen LogP) is 2.15. The lowest BCUT2D eigenvalue weighted by atomic mass is 10.1. The van der Waals surface area contributed by atoms with Crippen LogP contribution in [-0.2, 0) is 23.1 Å². The van der Waals surface area contributed by atoms with Crippen molar-refractivity contribution < 1.29 is 8.42 Å². The van der Waals surface area contributed by atoms with E-state index in [0.29, 0.717) is 12.4 Å². The molecule has 0 amide bonds. The molecule has 3 rings (SSSR count). The third-order valence-corrected chi connectivity index (χ3v) is 5.09. The number of aromatic nitrogens is 4. The van der Waals surface area contributed by atoms with E-state index in [1.54, 1.807) is 42.3 Å². The molecule has 3 aromatic rings. The second kappa shape index (κ2) is 7.12. The van der Waals surface area contributed by atoms with Crippen molar-refractivity contribution in [1.82, 2.24) is 24.2 Å². The van der Waals surface area contributed by atoms with Crippen molar-refractivity contribution in [2.24, 2.45) is 0 Å². The molecule has 0 aliphatic rings. The zero-order valence-corrected chi connectivity index (χ0v) is 14.9. The van der Waals surface area contributed by atoms with Crippen LogP contribution in [0.3, 0.4) is 0 Å². The van der Waals surface area contributed by atoms with E-state index in [4.69, 9.17) is 0 Å². The zero-order chi connectivity index (χ0) is 17.9. The average molecular weight is 357 g/mol. The Bertz CT molecular complexity index is 968. The number of pyridine rings is 2. The van der Waals surface area contributed by atoms with E-state index in [1.807, 2.05) is 25.1 Å². The van der Waals surface area contributed by atoms with Gasteiger partial charge in [0, 0.05) is 43.4 Å². The minimum absolute atomic E-state index is 0.0355. The lowest BCUT2D eigenvalue weighted by Crippen LogP contribution is -2.23. The molecule has 8 heteroatoms. The molecule has 0 bridgehead atoms. The summed E-state index contributed by atoms with van der Waals surface area (Å²) in [5.41, 5.74) is 2.43. The number of nitrogens with zero attached hydrogens (tertiary/aromatic N) is 4. The molecule has 0 fully saturated rings. The van der Waals surface area contributed by atoms with E-state index < -0.39 is 10.0 Å². The van der Waals surface area contributed by atoms with Gasteiger partial charge in [0.2, 0.25) is 0 Å². The van der Waals surface area contributed by atoms with Gasteiger partial charge in [-0.15, -0.1) is 0 Å². The van der Waals surface area contributed by atoms with E-state index in [-0.39, 0.29) is 11.6 Å². The summed E-state index contributed by atoms with van der Waals surface area (Å²) < 4.78 is 29.2. The minimum Gasteiger partial charge on any atom is -0.334 e. The third-order valence-electron chi connectivity index (χ3n) is 3.82. The first-order valence-electron chi connectivity index (χ1n) is 7.88. The maximum absolute atomic E-state index is 12.4. The summed E-state index contributed by atoms with van der Waals surface area (Å²) in [6, 6.07) is 7.36. The first-order chi connectivity index (χ1) is 12.0. The van der Waals surface area contributed by atoms with Gasteiger partial charge in [-0.2, -0.15) is 0 Å². The number of sulfonamides is 1. The first kappa shape index (κ1) is 17.2. The lowest BCUT2D eigenvalue weighted by molar-refractivity contribution is 0.577. The van der Waals surface area contributed by atoms with E-state index in [9.17, 15) is 8.42 Å². The SMILES string of the molecule is CCn1cc(S(=O)(=O)NCc2ccnc(-c3cccnc3)c2)nc1C. The molecular formula is C17H19N5O2S. The fraction of sp³-hybridized carbons (Fsp3) is 0.235. The maximum Gasteiger partial charge on any atom is 0.259 e. The van der Waals surface area contributed by atoms with Crippen LogP contribution < -0.4 is 4.72 Å². The van der Waals surface area contributed by atoms with Crippen LogP contribution in [0, 0.1) is 6.92 Å². The Morgan fingerprint density at radius 2 is 2.08 bits per heavy atom. The molecule has 7 nitrogen and oxygen atoms in total. The molecular weight excluding hydrogens is 338 g/mol. The van der Waals surface area contributed by atoms with Crippen molar-refractivity contribution in [2.75, 3.05) is 0 Å². The van der Waals surface area contributed by atoms with Crippen molar-refractivity contribution in [2.45, 2.75) is 32.0 Å². The van der Waals surface area contributed by atoms with Gasteiger partial charge < -0.3 is 4.57 Å². The molecule has 0 aliphatic heterocycles. The van der Waals surface area contributed by atoms with Crippen molar-refractivity contribution in [3.05, 3.63) is 60.4 Å². The summed E-state index contributed by atoms with van der Waals surface area (Å²) in [5, 5.41) is 0.0355. The molecule has 0 saturated carbocycles. The van der Waals surface area contributed by atoms with E-state index in [2.05, 4.69) is 19.7 Å². The van der Waals surface area contributed by atoms with Crippen molar-refractivity contribution in [3.8, 4) is 11.3 Å². The number of rotatable bonds is 6. The highest BCUT2D eigenvalue weighted by Crippen LogP contribution is 2.17. The highest BCUT2D eigenvalue weighted by Gasteiger charge is 2.18. The molecule has 0 saturated heterocycles. The first-order valence-corrected chi connectivity index (χ1v) is 9.36. The predicted molar refractivity (Wildman–Crippen MR) is 94.1 cm³/mol. The maximum atomic E-state index is 12.4. The topological polar surface area (TPSA) is 89.8 Å². The number of aryl methyl sites for hydroxylation is 2. The molecule has 0 aliphatic carbocycles. The van der Waals surface area contributed by atoms with Gasteiger partial charge in [0.15, 0.2) is 5.03 Å². The molecule has 1 N–H and O–H groups in total. The van der Waals surface area contributed by atoms with Crippen LogP contribution in [0.4, 0.5) is 0 Å². The average Bonchev–Trinajstić information content (AvgIpc) is 3.03. The summed E-state index contributed by atoms with van der Waals surface area (Å²) >= 11 is 0. The van der Waals surface area contributed by atoms with Gasteiger partial charge in [0.25, 0.3) is 10.0 Å². The summed E-state index contributed by atoms with van der Waals surface area (Å²) in [6.07, 6.45) is 6.61. The smallest absolute Gasteiger partial charge is 0.259 e. The highest BCUT2D eigenvalue weighted by molar-refractivity contribution is 7.89. The van der Waals surface area contributed by atoms with Crippen molar-refractivity contribution in [3.63, 3.8) is 0 Å². The van der Waals surface area contributed by atoms with Crippen molar-refractivity contribution in [1.29, 1.82) is 0 Å². The zero-order valence-electron chi connectivity index (χ0n) is 14.0. The van der Waals surface area contributed by atoms with Gasteiger partial charge >= 0.3 is 0 Å². The fourth-order valence-corrected chi connectivity index (χ4v) is 3.46. The Balaban J connectivity index is 1.77. The molecule has 0 atom stereocenters. The summed E-state index contributed by atoms with van der Waals surface area (Å²) in [6.45, 7) is 4.56.